The van der Waals surface area contributed by atoms with Crippen LogP contribution in [0.5, 0.6) is 0 Å². The Kier molecular flexibility index (Phi) is 6.90. The standard InChI is InChI=1S/C20H23N3O/c1-3-4-9-18(14-17-10-6-5-7-11-17)15-21-22-20(24)19-12-8-13-23(2)16-19/h5-8,10-16H,3-4,9H2,1-2H3/p+1/b18-14+,21-15+. The number of nitrogens with one attached hydrogen (secondary N) is 1. The second-order valence-corrected chi connectivity index (χ2v) is 5.69. The van der Waals surface area contributed by atoms with Crippen molar-refractivity contribution in [1.82, 2.24) is 5.43 Å². The summed E-state index contributed by atoms with van der Waals surface area (Å²) in [5.41, 5.74) is 5.41. The van der Waals surface area contributed by atoms with Crippen LogP contribution in [0.4, 0.5) is 0 Å². The van der Waals surface area contributed by atoms with Gasteiger partial charge in [0.2, 0.25) is 0 Å². The van der Waals surface area contributed by atoms with Crippen LogP contribution in [0, 0.1) is 0 Å². The fourth-order valence-corrected chi connectivity index (χ4v) is 2.28. The normalized spacial score (nSPS) is 11.7. The molecule has 2 rings (SSSR count). The zero-order valence-electron chi connectivity index (χ0n) is 14.3. The minimum Gasteiger partial charge on any atom is -0.267 e. The third-order valence-electron chi connectivity index (χ3n) is 3.57. The van der Waals surface area contributed by atoms with Gasteiger partial charge in [0.25, 0.3) is 5.91 Å². The molecule has 0 aliphatic carbocycles. The molecule has 0 aliphatic rings. The lowest BCUT2D eigenvalue weighted by molar-refractivity contribution is -0.671. The van der Waals surface area contributed by atoms with Gasteiger partial charge in [0, 0.05) is 6.07 Å². The fourth-order valence-electron chi connectivity index (χ4n) is 2.28. The van der Waals surface area contributed by atoms with E-state index >= 15 is 0 Å². The number of aryl methyl sites for hydroxylation is 1. The van der Waals surface area contributed by atoms with Crippen molar-refractivity contribution >= 4 is 18.2 Å². The highest BCUT2D eigenvalue weighted by Crippen LogP contribution is 2.11. The summed E-state index contributed by atoms with van der Waals surface area (Å²) < 4.78 is 1.83. The van der Waals surface area contributed by atoms with Gasteiger partial charge >= 0.3 is 0 Å². The highest BCUT2D eigenvalue weighted by Gasteiger charge is 2.07. The van der Waals surface area contributed by atoms with Crippen molar-refractivity contribution in [3.05, 3.63) is 71.6 Å². The maximum absolute atomic E-state index is 12.1. The van der Waals surface area contributed by atoms with E-state index in [1.165, 1.54) is 0 Å². The van der Waals surface area contributed by atoms with Crippen molar-refractivity contribution in [3.63, 3.8) is 0 Å². The van der Waals surface area contributed by atoms with E-state index in [1.54, 1.807) is 18.5 Å². The molecule has 0 radical (unpaired) electrons. The molecule has 1 aromatic carbocycles. The number of rotatable bonds is 7. The van der Waals surface area contributed by atoms with Crippen molar-refractivity contribution in [2.24, 2.45) is 12.1 Å². The topological polar surface area (TPSA) is 45.3 Å². The number of hydrazone groups is 1. The first-order valence-corrected chi connectivity index (χ1v) is 8.23. The lowest BCUT2D eigenvalue weighted by Gasteiger charge is -2.02. The molecule has 0 atom stereocenters. The van der Waals surface area contributed by atoms with Gasteiger partial charge in [0.1, 0.15) is 12.6 Å². The summed E-state index contributed by atoms with van der Waals surface area (Å²) in [5, 5.41) is 4.12. The first kappa shape index (κ1) is 17.6. The average molecular weight is 322 g/mol. The number of aromatic nitrogens is 1. The van der Waals surface area contributed by atoms with E-state index in [0.29, 0.717) is 5.56 Å². The van der Waals surface area contributed by atoms with Crippen molar-refractivity contribution in [2.45, 2.75) is 26.2 Å². The average Bonchev–Trinajstić information content (AvgIpc) is 2.60. The van der Waals surface area contributed by atoms with Gasteiger partial charge in [-0.2, -0.15) is 5.10 Å². The summed E-state index contributed by atoms with van der Waals surface area (Å²) in [5.74, 6) is -0.211. The number of hydrogen-bond donors (Lipinski definition) is 1. The quantitative estimate of drug-likeness (QED) is 0.473. The Bertz CT molecular complexity index is 721. The number of amides is 1. The number of benzene rings is 1. The Morgan fingerprint density at radius 3 is 2.71 bits per heavy atom. The third kappa shape index (κ3) is 5.80. The minimum absolute atomic E-state index is 0.211. The molecule has 0 bridgehead atoms. The van der Waals surface area contributed by atoms with E-state index in [9.17, 15) is 4.79 Å². The number of carbonyl (C=O) groups excluding carboxylic acids is 1. The molecule has 1 amide bonds. The molecule has 1 aromatic heterocycles. The minimum atomic E-state index is -0.211. The summed E-state index contributed by atoms with van der Waals surface area (Å²) in [6.07, 6.45) is 10.6. The maximum Gasteiger partial charge on any atom is 0.277 e. The summed E-state index contributed by atoms with van der Waals surface area (Å²) in [6, 6.07) is 13.7. The molecule has 124 valence electrons. The van der Waals surface area contributed by atoms with E-state index in [4.69, 9.17) is 0 Å². The van der Waals surface area contributed by atoms with Crippen LogP contribution in [0.3, 0.4) is 0 Å². The molecule has 1 N–H and O–H groups in total. The van der Waals surface area contributed by atoms with Gasteiger partial charge in [-0.05, 0) is 30.0 Å². The molecule has 0 saturated heterocycles. The summed E-state index contributed by atoms with van der Waals surface area (Å²) in [6.45, 7) is 2.16. The first-order chi connectivity index (χ1) is 11.7. The summed E-state index contributed by atoms with van der Waals surface area (Å²) in [7, 11) is 1.88. The van der Waals surface area contributed by atoms with Crippen LogP contribution in [0.15, 0.2) is 65.5 Å². The van der Waals surface area contributed by atoms with Crippen LogP contribution in [-0.2, 0) is 7.05 Å². The molecule has 0 unspecified atom stereocenters. The fraction of sp³-hybridized carbons (Fsp3) is 0.250. The zero-order valence-corrected chi connectivity index (χ0v) is 14.3. The molecular formula is C20H24N3O+. The number of allylic oxidation sites excluding steroid dienone is 1. The van der Waals surface area contributed by atoms with E-state index in [-0.39, 0.29) is 5.91 Å². The molecule has 1 heterocycles. The lowest BCUT2D eigenvalue weighted by Crippen LogP contribution is -2.29. The Hall–Kier alpha value is -2.75. The van der Waals surface area contributed by atoms with Crippen molar-refractivity contribution in [1.29, 1.82) is 0 Å². The van der Waals surface area contributed by atoms with Gasteiger partial charge in [0.05, 0.1) is 6.21 Å². The highest BCUT2D eigenvalue weighted by atomic mass is 16.2. The van der Waals surface area contributed by atoms with Crippen LogP contribution in [0.2, 0.25) is 0 Å². The lowest BCUT2D eigenvalue weighted by atomic mass is 10.1. The summed E-state index contributed by atoms with van der Waals surface area (Å²) in [4.78, 5) is 12.1. The van der Waals surface area contributed by atoms with Gasteiger partial charge in [-0.1, -0.05) is 49.8 Å². The number of hydrogen-bond acceptors (Lipinski definition) is 2. The van der Waals surface area contributed by atoms with Gasteiger partial charge in [-0.3, -0.25) is 4.79 Å². The predicted octanol–water partition coefficient (Wildman–Crippen LogP) is 3.50. The Morgan fingerprint density at radius 2 is 2.00 bits per heavy atom. The number of nitrogens with zero attached hydrogens (tertiary/aromatic N) is 2. The Balaban J connectivity index is 2.04. The Labute approximate surface area is 143 Å². The van der Waals surface area contributed by atoms with Gasteiger partial charge in [-0.25, -0.2) is 9.99 Å². The van der Waals surface area contributed by atoms with E-state index in [2.05, 4.69) is 35.7 Å². The van der Waals surface area contributed by atoms with Gasteiger partial charge < -0.3 is 0 Å². The SMILES string of the molecule is CCCCC(/C=N/NC(=O)c1ccc[n+](C)c1)=C\c1ccccc1. The molecule has 0 saturated carbocycles. The molecule has 0 spiro atoms. The molecular weight excluding hydrogens is 298 g/mol. The maximum atomic E-state index is 12.1. The molecule has 24 heavy (non-hydrogen) atoms. The van der Waals surface area contributed by atoms with Crippen molar-refractivity contribution < 1.29 is 9.36 Å². The van der Waals surface area contributed by atoms with Crippen LogP contribution in [-0.4, -0.2) is 12.1 Å². The smallest absolute Gasteiger partial charge is 0.267 e. The highest BCUT2D eigenvalue weighted by molar-refractivity contribution is 5.94. The van der Waals surface area contributed by atoms with Crippen molar-refractivity contribution in [2.75, 3.05) is 0 Å². The van der Waals surface area contributed by atoms with E-state index in [1.807, 2.05) is 42.1 Å². The molecule has 2 aromatic rings. The molecule has 4 heteroatoms. The van der Waals surface area contributed by atoms with E-state index < -0.39 is 0 Å². The predicted molar refractivity (Wildman–Crippen MR) is 97.5 cm³/mol. The monoisotopic (exact) mass is 322 g/mol. The van der Waals surface area contributed by atoms with Crippen LogP contribution < -0.4 is 9.99 Å². The molecule has 0 aliphatic heterocycles. The van der Waals surface area contributed by atoms with Crippen molar-refractivity contribution in [3.8, 4) is 0 Å². The molecule has 0 fully saturated rings. The Morgan fingerprint density at radius 1 is 1.21 bits per heavy atom. The van der Waals surface area contributed by atoms with Crippen LogP contribution >= 0.6 is 0 Å². The number of pyridine rings is 1. The van der Waals surface area contributed by atoms with Crippen LogP contribution in [0.25, 0.3) is 6.08 Å². The number of carbonyl (C=O) groups is 1. The third-order valence-corrected chi connectivity index (χ3v) is 3.57. The van der Waals surface area contributed by atoms with Gasteiger partial charge in [0.15, 0.2) is 12.4 Å². The molecule has 4 nitrogen and oxygen atoms in total. The number of unbranched alkanes of at least 4 members (excludes halogenated alkanes) is 1. The van der Waals surface area contributed by atoms with Gasteiger partial charge in [-0.15, -0.1) is 0 Å². The van der Waals surface area contributed by atoms with Crippen LogP contribution in [0.1, 0.15) is 42.1 Å². The largest absolute Gasteiger partial charge is 0.277 e. The first-order valence-electron chi connectivity index (χ1n) is 8.23. The summed E-state index contributed by atoms with van der Waals surface area (Å²) >= 11 is 0. The zero-order chi connectivity index (χ0) is 17.2. The second kappa shape index (κ2) is 9.40. The van der Waals surface area contributed by atoms with E-state index in [0.717, 1.165) is 30.4 Å². The second-order valence-electron chi connectivity index (χ2n) is 5.69.